The van der Waals surface area contributed by atoms with Gasteiger partial charge >= 0.3 is 0 Å². The molecule has 6 heteroatoms. The molecule has 5 nitrogen and oxygen atoms in total. The van der Waals surface area contributed by atoms with Crippen LogP contribution in [0.2, 0.25) is 0 Å². The first-order chi connectivity index (χ1) is 8.51. The van der Waals surface area contributed by atoms with E-state index in [1.54, 1.807) is 12.1 Å². The Balaban J connectivity index is 2.08. The van der Waals surface area contributed by atoms with E-state index in [9.17, 15) is 13.2 Å². The molecule has 0 aliphatic carbocycles. The van der Waals surface area contributed by atoms with Gasteiger partial charge in [0.05, 0.1) is 11.0 Å². The maximum absolute atomic E-state index is 12.0. The molecule has 0 aromatic heterocycles. The van der Waals surface area contributed by atoms with Crippen molar-refractivity contribution in [1.82, 2.24) is 4.90 Å². The highest BCUT2D eigenvalue weighted by Crippen LogP contribution is 2.19. The molecule has 1 heterocycles. The van der Waals surface area contributed by atoms with E-state index < -0.39 is 16.2 Å². The monoisotopic (exact) mass is 269 g/mol. The minimum atomic E-state index is -3.73. The Bertz CT molecular complexity index is 524. The molecule has 0 bridgehead atoms. The first-order valence-electron chi connectivity index (χ1n) is 5.70. The van der Waals surface area contributed by atoms with Crippen molar-refractivity contribution in [3.8, 4) is 0 Å². The second kappa shape index (κ2) is 5.07. The lowest BCUT2D eigenvalue weighted by molar-refractivity contribution is -0.117. The van der Waals surface area contributed by atoms with Crippen LogP contribution in [-0.2, 0) is 19.1 Å². The third-order valence-electron chi connectivity index (χ3n) is 2.90. The molecular formula is C12H15NO4S. The maximum Gasteiger partial charge on any atom is 0.297 e. The molecule has 98 valence electrons. The Morgan fingerprint density at radius 2 is 2.00 bits per heavy atom. The summed E-state index contributed by atoms with van der Waals surface area (Å²) in [6.07, 6.45) is 0.813. The zero-order valence-electron chi connectivity index (χ0n) is 10.1. The number of likely N-dealkylation sites (tertiary alicyclic amines) is 1. The van der Waals surface area contributed by atoms with Gasteiger partial charge in [-0.2, -0.15) is 8.42 Å². The summed E-state index contributed by atoms with van der Waals surface area (Å²) in [5.74, 6) is 0. The molecule has 1 atom stereocenters. The van der Waals surface area contributed by atoms with Crippen LogP contribution in [0.15, 0.2) is 29.2 Å². The highest BCUT2D eigenvalue weighted by molar-refractivity contribution is 7.86. The summed E-state index contributed by atoms with van der Waals surface area (Å²) in [5, 5.41) is 0. The number of benzene rings is 1. The predicted molar refractivity (Wildman–Crippen MR) is 65.5 cm³/mol. The maximum atomic E-state index is 12.0. The summed E-state index contributed by atoms with van der Waals surface area (Å²) >= 11 is 0. The molecule has 1 amide bonds. The Labute approximate surface area is 106 Å². The van der Waals surface area contributed by atoms with E-state index in [-0.39, 0.29) is 4.90 Å². The van der Waals surface area contributed by atoms with Crippen molar-refractivity contribution in [3.63, 3.8) is 0 Å². The lowest BCUT2D eigenvalue weighted by Gasteiger charge is -2.12. The van der Waals surface area contributed by atoms with Gasteiger partial charge in [0.1, 0.15) is 0 Å². The van der Waals surface area contributed by atoms with Crippen molar-refractivity contribution >= 4 is 16.5 Å². The van der Waals surface area contributed by atoms with Gasteiger partial charge in [-0.05, 0) is 25.5 Å². The second-order valence-corrected chi connectivity index (χ2v) is 5.95. The molecule has 18 heavy (non-hydrogen) atoms. The van der Waals surface area contributed by atoms with E-state index in [0.717, 1.165) is 5.56 Å². The van der Waals surface area contributed by atoms with Gasteiger partial charge in [-0.15, -0.1) is 0 Å². The molecule has 1 aliphatic rings. The number of carbonyl (C=O) groups excluding carboxylic acids is 1. The van der Waals surface area contributed by atoms with Gasteiger partial charge in [0.15, 0.2) is 0 Å². The van der Waals surface area contributed by atoms with Crippen molar-refractivity contribution in [2.24, 2.45) is 0 Å². The van der Waals surface area contributed by atoms with Gasteiger partial charge < -0.3 is 4.90 Å². The number of hydrogen-bond donors (Lipinski definition) is 0. The first-order valence-corrected chi connectivity index (χ1v) is 7.11. The third kappa shape index (κ3) is 2.88. The van der Waals surface area contributed by atoms with E-state index in [1.807, 2.05) is 6.92 Å². The smallest absolute Gasteiger partial charge is 0.297 e. The van der Waals surface area contributed by atoms with Crippen LogP contribution in [0, 0.1) is 6.92 Å². The van der Waals surface area contributed by atoms with E-state index in [4.69, 9.17) is 4.18 Å². The minimum absolute atomic E-state index is 0.151. The van der Waals surface area contributed by atoms with Crippen LogP contribution in [-0.4, -0.2) is 38.9 Å². The Kier molecular flexibility index (Phi) is 3.68. The molecule has 2 rings (SSSR count). The average molecular weight is 269 g/mol. The molecule has 0 saturated carbocycles. The summed E-state index contributed by atoms with van der Waals surface area (Å²) in [6.45, 7) is 2.75. The molecule has 1 saturated heterocycles. The zero-order chi connectivity index (χ0) is 13.2. The lowest BCUT2D eigenvalue weighted by atomic mass is 10.2. The zero-order valence-corrected chi connectivity index (χ0v) is 10.9. The van der Waals surface area contributed by atoms with Crippen molar-refractivity contribution in [1.29, 1.82) is 0 Å². The summed E-state index contributed by atoms with van der Waals surface area (Å²) in [4.78, 5) is 12.2. The van der Waals surface area contributed by atoms with Crippen molar-refractivity contribution < 1.29 is 17.4 Å². The molecule has 1 aromatic rings. The number of rotatable bonds is 4. The number of amides is 1. The first kappa shape index (κ1) is 13.0. The van der Waals surface area contributed by atoms with Crippen LogP contribution >= 0.6 is 0 Å². The summed E-state index contributed by atoms with van der Waals surface area (Å²) in [5.41, 5.74) is 0.988. The van der Waals surface area contributed by atoms with E-state index >= 15 is 0 Å². The third-order valence-corrected chi connectivity index (χ3v) is 4.27. The van der Waals surface area contributed by atoms with Crippen LogP contribution in [0.1, 0.15) is 12.0 Å². The van der Waals surface area contributed by atoms with Gasteiger partial charge in [0.2, 0.25) is 6.41 Å². The van der Waals surface area contributed by atoms with Crippen molar-refractivity contribution in [2.45, 2.75) is 24.3 Å². The number of carbonyl (C=O) groups is 1. The standard InChI is InChI=1S/C12H15NO4S/c1-10-2-4-12(5-3-10)18(15,16)17-11-6-7-13(8-11)9-14/h2-5,9,11H,6-8H2,1H3. The molecule has 1 aliphatic heterocycles. The Morgan fingerprint density at radius 1 is 1.33 bits per heavy atom. The summed E-state index contributed by atoms with van der Waals surface area (Å²) in [6, 6.07) is 6.50. The molecule has 1 unspecified atom stereocenters. The average Bonchev–Trinajstić information content (AvgIpc) is 2.76. The van der Waals surface area contributed by atoms with Crippen molar-refractivity contribution in [2.75, 3.05) is 13.1 Å². The fourth-order valence-corrected chi connectivity index (χ4v) is 2.96. The number of hydrogen-bond acceptors (Lipinski definition) is 4. The van der Waals surface area contributed by atoms with Gasteiger partial charge in [0.25, 0.3) is 10.1 Å². The normalized spacial score (nSPS) is 20.1. The minimum Gasteiger partial charge on any atom is -0.343 e. The SMILES string of the molecule is Cc1ccc(S(=O)(=O)OC2CCN(C=O)C2)cc1. The van der Waals surface area contributed by atoms with Gasteiger partial charge in [-0.25, -0.2) is 0 Å². The van der Waals surface area contributed by atoms with Gasteiger partial charge in [0, 0.05) is 13.1 Å². The van der Waals surface area contributed by atoms with E-state index in [2.05, 4.69) is 0 Å². The molecule has 0 spiro atoms. The lowest BCUT2D eigenvalue weighted by Crippen LogP contribution is -2.24. The topological polar surface area (TPSA) is 63.7 Å². The Morgan fingerprint density at radius 3 is 2.56 bits per heavy atom. The quantitative estimate of drug-likeness (QED) is 0.602. The van der Waals surface area contributed by atoms with Crippen LogP contribution in [0.5, 0.6) is 0 Å². The van der Waals surface area contributed by atoms with Crippen LogP contribution < -0.4 is 0 Å². The van der Waals surface area contributed by atoms with E-state index in [0.29, 0.717) is 25.9 Å². The highest BCUT2D eigenvalue weighted by atomic mass is 32.2. The molecule has 1 fully saturated rings. The molecule has 0 radical (unpaired) electrons. The largest absolute Gasteiger partial charge is 0.343 e. The Hall–Kier alpha value is -1.40. The van der Waals surface area contributed by atoms with Crippen LogP contribution in [0.25, 0.3) is 0 Å². The molecular weight excluding hydrogens is 254 g/mol. The summed E-state index contributed by atoms with van der Waals surface area (Å²) < 4.78 is 29.1. The van der Waals surface area contributed by atoms with Crippen molar-refractivity contribution in [3.05, 3.63) is 29.8 Å². The predicted octanol–water partition coefficient (Wildman–Crippen LogP) is 0.931. The van der Waals surface area contributed by atoms with Gasteiger partial charge in [-0.3, -0.25) is 8.98 Å². The fourth-order valence-electron chi connectivity index (χ4n) is 1.87. The fraction of sp³-hybridized carbons (Fsp3) is 0.417. The second-order valence-electron chi connectivity index (χ2n) is 4.37. The number of aryl methyl sites for hydroxylation is 1. The molecule has 0 N–H and O–H groups in total. The van der Waals surface area contributed by atoms with Crippen LogP contribution in [0.4, 0.5) is 0 Å². The van der Waals surface area contributed by atoms with E-state index in [1.165, 1.54) is 17.0 Å². The molecule has 1 aromatic carbocycles. The van der Waals surface area contributed by atoms with Gasteiger partial charge in [-0.1, -0.05) is 17.7 Å². The summed E-state index contributed by atoms with van der Waals surface area (Å²) in [7, 11) is -3.73. The highest BCUT2D eigenvalue weighted by Gasteiger charge is 2.28. The van der Waals surface area contributed by atoms with Crippen LogP contribution in [0.3, 0.4) is 0 Å². The number of nitrogens with zero attached hydrogens (tertiary/aromatic N) is 1.